The molecule has 1 atom stereocenters. The lowest BCUT2D eigenvalue weighted by atomic mass is 10.1. The van der Waals surface area contributed by atoms with Gasteiger partial charge in [-0.2, -0.15) is 0 Å². The minimum Gasteiger partial charge on any atom is -0.387 e. The van der Waals surface area contributed by atoms with Gasteiger partial charge in [-0.1, -0.05) is 12.1 Å². The first kappa shape index (κ1) is 11.4. The standard InChI is InChI=1S/C8H10FNO.ClH/c9-7-3-1-6(2-4-7)8(11)5-10;/h1-4,8,11H,5,10H2;1H/t8-;/m0./s1. The van der Waals surface area contributed by atoms with Gasteiger partial charge in [-0.3, -0.25) is 0 Å². The van der Waals surface area contributed by atoms with Crippen LogP contribution in [0.5, 0.6) is 0 Å². The highest BCUT2D eigenvalue weighted by Crippen LogP contribution is 2.11. The van der Waals surface area contributed by atoms with Crippen molar-refractivity contribution in [2.45, 2.75) is 6.10 Å². The lowest BCUT2D eigenvalue weighted by molar-refractivity contribution is 0.186. The van der Waals surface area contributed by atoms with Crippen LogP contribution in [0.1, 0.15) is 11.7 Å². The second kappa shape index (κ2) is 5.09. The molecule has 0 fully saturated rings. The topological polar surface area (TPSA) is 46.2 Å². The molecular weight excluding hydrogens is 181 g/mol. The Hall–Kier alpha value is -0.640. The predicted molar refractivity (Wildman–Crippen MR) is 47.7 cm³/mol. The maximum Gasteiger partial charge on any atom is 0.123 e. The van der Waals surface area contributed by atoms with Gasteiger partial charge in [-0.15, -0.1) is 12.4 Å². The summed E-state index contributed by atoms with van der Waals surface area (Å²) < 4.78 is 12.3. The molecule has 0 radical (unpaired) electrons. The monoisotopic (exact) mass is 191 g/mol. The fourth-order valence-electron chi connectivity index (χ4n) is 0.821. The average molecular weight is 192 g/mol. The van der Waals surface area contributed by atoms with E-state index >= 15 is 0 Å². The van der Waals surface area contributed by atoms with Crippen LogP contribution in [-0.2, 0) is 0 Å². The zero-order valence-corrected chi connectivity index (χ0v) is 7.22. The Balaban J connectivity index is 0.00000121. The molecule has 0 heterocycles. The second-order valence-electron chi connectivity index (χ2n) is 2.30. The third-order valence-corrected chi connectivity index (χ3v) is 1.48. The van der Waals surface area contributed by atoms with E-state index in [0.717, 1.165) is 0 Å². The highest BCUT2D eigenvalue weighted by atomic mass is 35.5. The predicted octanol–water partition coefficient (Wildman–Crippen LogP) is 1.24. The first-order valence-electron chi connectivity index (χ1n) is 3.37. The molecule has 0 saturated carbocycles. The fourth-order valence-corrected chi connectivity index (χ4v) is 0.821. The molecule has 0 aliphatic carbocycles. The SMILES string of the molecule is Cl.NC[C@H](O)c1ccc(F)cc1. The van der Waals surface area contributed by atoms with Gasteiger partial charge in [0.25, 0.3) is 0 Å². The zero-order valence-electron chi connectivity index (χ0n) is 6.40. The molecule has 68 valence electrons. The van der Waals surface area contributed by atoms with Gasteiger partial charge in [0, 0.05) is 6.54 Å². The third-order valence-electron chi connectivity index (χ3n) is 1.48. The summed E-state index contributed by atoms with van der Waals surface area (Å²) in [6, 6.07) is 5.64. The van der Waals surface area contributed by atoms with E-state index in [2.05, 4.69) is 0 Å². The summed E-state index contributed by atoms with van der Waals surface area (Å²) in [5.74, 6) is -0.307. The summed E-state index contributed by atoms with van der Waals surface area (Å²) in [4.78, 5) is 0. The molecular formula is C8H11ClFNO. The summed E-state index contributed by atoms with van der Waals surface area (Å²) in [7, 11) is 0. The van der Waals surface area contributed by atoms with Crippen molar-refractivity contribution in [3.63, 3.8) is 0 Å². The second-order valence-corrected chi connectivity index (χ2v) is 2.30. The number of aliphatic hydroxyl groups excluding tert-OH is 1. The number of hydrogen-bond donors (Lipinski definition) is 2. The van der Waals surface area contributed by atoms with Crippen LogP contribution in [0.2, 0.25) is 0 Å². The van der Waals surface area contributed by atoms with Crippen molar-refractivity contribution in [3.05, 3.63) is 35.6 Å². The van der Waals surface area contributed by atoms with Crippen LogP contribution in [0.3, 0.4) is 0 Å². The number of rotatable bonds is 2. The lowest BCUT2D eigenvalue weighted by Gasteiger charge is -2.06. The minimum absolute atomic E-state index is 0. The van der Waals surface area contributed by atoms with Crippen molar-refractivity contribution >= 4 is 12.4 Å². The number of aliphatic hydroxyl groups is 1. The number of nitrogens with two attached hydrogens (primary N) is 1. The molecule has 2 nitrogen and oxygen atoms in total. The van der Waals surface area contributed by atoms with E-state index in [1.54, 1.807) is 0 Å². The molecule has 0 aromatic heterocycles. The molecule has 0 aliphatic rings. The van der Waals surface area contributed by atoms with Crippen LogP contribution < -0.4 is 5.73 Å². The molecule has 0 saturated heterocycles. The number of hydrogen-bond acceptors (Lipinski definition) is 2. The minimum atomic E-state index is -0.685. The Morgan fingerprint density at radius 1 is 1.33 bits per heavy atom. The Morgan fingerprint density at radius 2 is 1.83 bits per heavy atom. The van der Waals surface area contributed by atoms with Crippen LogP contribution in [0, 0.1) is 5.82 Å². The smallest absolute Gasteiger partial charge is 0.123 e. The molecule has 1 aromatic carbocycles. The van der Waals surface area contributed by atoms with Crippen LogP contribution in [0.25, 0.3) is 0 Å². The summed E-state index contributed by atoms with van der Waals surface area (Å²) in [6.45, 7) is 0.158. The maximum absolute atomic E-state index is 12.3. The van der Waals surface area contributed by atoms with Crippen molar-refractivity contribution in [3.8, 4) is 0 Å². The highest BCUT2D eigenvalue weighted by molar-refractivity contribution is 5.85. The zero-order chi connectivity index (χ0) is 8.27. The van der Waals surface area contributed by atoms with Gasteiger partial charge in [0.15, 0.2) is 0 Å². The van der Waals surface area contributed by atoms with Crippen LogP contribution >= 0.6 is 12.4 Å². The first-order chi connectivity index (χ1) is 5.24. The van der Waals surface area contributed by atoms with Crippen LogP contribution in [0.4, 0.5) is 4.39 Å². The van der Waals surface area contributed by atoms with Crippen molar-refractivity contribution in [2.24, 2.45) is 5.73 Å². The van der Waals surface area contributed by atoms with E-state index in [9.17, 15) is 9.50 Å². The quantitative estimate of drug-likeness (QED) is 0.739. The van der Waals surface area contributed by atoms with Gasteiger partial charge in [-0.05, 0) is 17.7 Å². The summed E-state index contributed by atoms with van der Waals surface area (Å²) in [5, 5.41) is 9.17. The first-order valence-corrected chi connectivity index (χ1v) is 3.37. The van der Waals surface area contributed by atoms with Gasteiger partial charge in [0.05, 0.1) is 6.10 Å². The molecule has 3 N–H and O–H groups in total. The lowest BCUT2D eigenvalue weighted by Crippen LogP contribution is -2.11. The van der Waals surface area contributed by atoms with E-state index in [1.807, 2.05) is 0 Å². The summed E-state index contributed by atoms with van der Waals surface area (Å²) >= 11 is 0. The van der Waals surface area contributed by atoms with Gasteiger partial charge in [0.1, 0.15) is 5.82 Å². The Bertz CT molecular complexity index is 227. The van der Waals surface area contributed by atoms with Crippen LogP contribution in [0.15, 0.2) is 24.3 Å². The average Bonchev–Trinajstić information content (AvgIpc) is 2.05. The molecule has 0 aliphatic heterocycles. The van der Waals surface area contributed by atoms with E-state index in [0.29, 0.717) is 5.56 Å². The van der Waals surface area contributed by atoms with Crippen molar-refractivity contribution < 1.29 is 9.50 Å². The van der Waals surface area contributed by atoms with E-state index in [-0.39, 0.29) is 24.8 Å². The number of benzene rings is 1. The van der Waals surface area contributed by atoms with Crippen molar-refractivity contribution in [2.75, 3.05) is 6.54 Å². The maximum atomic E-state index is 12.3. The Kier molecular flexibility index (Phi) is 4.81. The highest BCUT2D eigenvalue weighted by Gasteiger charge is 2.03. The summed E-state index contributed by atoms with van der Waals surface area (Å²) in [5.41, 5.74) is 5.85. The van der Waals surface area contributed by atoms with Gasteiger partial charge in [0.2, 0.25) is 0 Å². The van der Waals surface area contributed by atoms with Crippen LogP contribution in [-0.4, -0.2) is 11.7 Å². The Labute approximate surface area is 76.6 Å². The molecule has 0 amide bonds. The molecule has 0 bridgehead atoms. The van der Waals surface area contributed by atoms with Crippen molar-refractivity contribution in [1.82, 2.24) is 0 Å². The molecule has 0 unspecified atom stereocenters. The van der Waals surface area contributed by atoms with E-state index < -0.39 is 6.10 Å². The van der Waals surface area contributed by atoms with E-state index in [1.165, 1.54) is 24.3 Å². The fraction of sp³-hybridized carbons (Fsp3) is 0.250. The van der Waals surface area contributed by atoms with Gasteiger partial charge < -0.3 is 10.8 Å². The molecule has 12 heavy (non-hydrogen) atoms. The number of halogens is 2. The third kappa shape index (κ3) is 2.77. The normalized spacial score (nSPS) is 11.9. The van der Waals surface area contributed by atoms with Crippen molar-refractivity contribution in [1.29, 1.82) is 0 Å². The molecule has 1 rings (SSSR count). The largest absolute Gasteiger partial charge is 0.387 e. The van der Waals surface area contributed by atoms with Gasteiger partial charge >= 0.3 is 0 Å². The summed E-state index contributed by atoms with van der Waals surface area (Å²) in [6.07, 6.45) is -0.685. The Morgan fingerprint density at radius 3 is 2.25 bits per heavy atom. The molecule has 0 spiro atoms. The van der Waals surface area contributed by atoms with E-state index in [4.69, 9.17) is 5.73 Å². The van der Waals surface area contributed by atoms with Gasteiger partial charge in [-0.25, -0.2) is 4.39 Å². The molecule has 1 aromatic rings. The molecule has 4 heteroatoms.